The van der Waals surface area contributed by atoms with E-state index in [2.05, 4.69) is 23.9 Å². The molecular formula is C17H26F2N2O. The quantitative estimate of drug-likeness (QED) is 0.802. The van der Waals surface area contributed by atoms with Gasteiger partial charge in [-0.3, -0.25) is 4.90 Å². The van der Waals surface area contributed by atoms with Gasteiger partial charge in [-0.1, -0.05) is 6.42 Å². The highest BCUT2D eigenvalue weighted by molar-refractivity contribution is 5.35. The van der Waals surface area contributed by atoms with Gasteiger partial charge in [0.15, 0.2) is 11.6 Å². The Morgan fingerprint density at radius 2 is 2.05 bits per heavy atom. The Labute approximate surface area is 131 Å². The molecule has 1 aliphatic rings. The third-order valence-electron chi connectivity index (χ3n) is 4.39. The maximum atomic E-state index is 14.2. The number of nitrogens with zero attached hydrogens (tertiary/aromatic N) is 2. The van der Waals surface area contributed by atoms with Gasteiger partial charge >= 0.3 is 0 Å². The number of methoxy groups -OCH3 is 1. The van der Waals surface area contributed by atoms with E-state index in [0.717, 1.165) is 38.4 Å². The highest BCUT2D eigenvalue weighted by atomic mass is 19.2. The van der Waals surface area contributed by atoms with Crippen molar-refractivity contribution >= 4 is 0 Å². The fraction of sp³-hybridized carbons (Fsp3) is 0.647. The number of halogens is 2. The number of rotatable bonds is 6. The molecule has 0 saturated carbocycles. The Kier molecular flexibility index (Phi) is 6.15. The molecule has 0 unspecified atom stereocenters. The van der Waals surface area contributed by atoms with Crippen molar-refractivity contribution in [2.45, 2.75) is 38.3 Å². The fourth-order valence-corrected chi connectivity index (χ4v) is 3.12. The molecule has 0 N–H and O–H groups in total. The van der Waals surface area contributed by atoms with Gasteiger partial charge in [0.25, 0.3) is 0 Å². The van der Waals surface area contributed by atoms with E-state index in [1.165, 1.54) is 19.6 Å². The van der Waals surface area contributed by atoms with Crippen LogP contribution in [-0.4, -0.2) is 50.1 Å². The monoisotopic (exact) mass is 312 g/mol. The summed E-state index contributed by atoms with van der Waals surface area (Å²) in [5.74, 6) is -1.16. The van der Waals surface area contributed by atoms with Crippen molar-refractivity contribution in [1.29, 1.82) is 0 Å². The van der Waals surface area contributed by atoms with Crippen LogP contribution in [0.1, 0.15) is 31.2 Å². The van der Waals surface area contributed by atoms with E-state index < -0.39 is 11.6 Å². The van der Waals surface area contributed by atoms with Crippen LogP contribution in [0.2, 0.25) is 0 Å². The van der Waals surface area contributed by atoms with Gasteiger partial charge in [-0.05, 0) is 58.6 Å². The van der Waals surface area contributed by atoms with Gasteiger partial charge < -0.3 is 9.64 Å². The number of hydrogen-bond acceptors (Lipinski definition) is 3. The van der Waals surface area contributed by atoms with Crippen molar-refractivity contribution < 1.29 is 13.5 Å². The predicted molar refractivity (Wildman–Crippen MR) is 84.1 cm³/mol. The molecule has 2 rings (SSSR count). The lowest BCUT2D eigenvalue weighted by molar-refractivity contribution is 0.121. The predicted octanol–water partition coefficient (Wildman–Crippen LogP) is 3.28. The van der Waals surface area contributed by atoms with E-state index in [9.17, 15) is 8.78 Å². The molecule has 0 aromatic heterocycles. The lowest BCUT2D eigenvalue weighted by Crippen LogP contribution is -2.40. The number of benzene rings is 1. The summed E-state index contributed by atoms with van der Waals surface area (Å²) < 4.78 is 32.9. The first-order valence-corrected chi connectivity index (χ1v) is 7.92. The average Bonchev–Trinajstić information content (AvgIpc) is 2.51. The van der Waals surface area contributed by atoms with Crippen LogP contribution in [0.25, 0.3) is 0 Å². The summed E-state index contributed by atoms with van der Waals surface area (Å²) >= 11 is 0. The lowest BCUT2D eigenvalue weighted by atomic mass is 9.98. The smallest absolute Gasteiger partial charge is 0.167 e. The van der Waals surface area contributed by atoms with E-state index in [1.807, 2.05) is 0 Å². The Hall–Kier alpha value is -1.20. The van der Waals surface area contributed by atoms with Crippen LogP contribution in [-0.2, 0) is 6.54 Å². The second kappa shape index (κ2) is 7.88. The van der Waals surface area contributed by atoms with Crippen LogP contribution in [0.3, 0.4) is 0 Å². The van der Waals surface area contributed by atoms with Crippen LogP contribution in [0.15, 0.2) is 12.1 Å². The summed E-state index contributed by atoms with van der Waals surface area (Å²) in [7, 11) is 5.61. The first-order chi connectivity index (χ1) is 10.5. The summed E-state index contributed by atoms with van der Waals surface area (Å²) in [5.41, 5.74) is 0.333. The largest absolute Gasteiger partial charge is 0.496 e. The molecule has 1 aliphatic heterocycles. The summed E-state index contributed by atoms with van der Waals surface area (Å²) in [4.78, 5) is 4.43. The Bertz CT molecular complexity index is 494. The van der Waals surface area contributed by atoms with Crippen LogP contribution >= 0.6 is 0 Å². The number of hydrogen-bond donors (Lipinski definition) is 0. The fourth-order valence-electron chi connectivity index (χ4n) is 3.12. The molecule has 124 valence electrons. The molecule has 1 fully saturated rings. The molecule has 0 bridgehead atoms. The van der Waals surface area contributed by atoms with Gasteiger partial charge in [0.1, 0.15) is 5.75 Å². The molecule has 1 saturated heterocycles. The zero-order valence-corrected chi connectivity index (χ0v) is 13.7. The number of piperidine rings is 1. The van der Waals surface area contributed by atoms with Crippen LogP contribution in [0.5, 0.6) is 5.75 Å². The molecule has 1 aromatic rings. The molecule has 0 amide bonds. The average molecular weight is 312 g/mol. The molecule has 1 heterocycles. The second-order valence-electron chi connectivity index (χ2n) is 6.25. The highest BCUT2D eigenvalue weighted by Crippen LogP contribution is 2.29. The normalized spacial score (nSPS) is 19.6. The van der Waals surface area contributed by atoms with Crippen molar-refractivity contribution in [3.63, 3.8) is 0 Å². The first kappa shape index (κ1) is 17.2. The second-order valence-corrected chi connectivity index (χ2v) is 6.25. The molecule has 5 heteroatoms. The summed E-state index contributed by atoms with van der Waals surface area (Å²) in [6.07, 6.45) is 4.48. The third-order valence-corrected chi connectivity index (χ3v) is 4.39. The van der Waals surface area contributed by atoms with Gasteiger partial charge in [-0.15, -0.1) is 0 Å². The van der Waals surface area contributed by atoms with Crippen molar-refractivity contribution in [3.05, 3.63) is 29.3 Å². The summed E-state index contributed by atoms with van der Waals surface area (Å²) in [5, 5.41) is 0. The minimum Gasteiger partial charge on any atom is -0.496 e. The van der Waals surface area contributed by atoms with Crippen molar-refractivity contribution in [1.82, 2.24) is 9.80 Å². The SMILES string of the molecule is COc1ccc(F)c(F)c1CN1CCCC[C@H]1CCN(C)C. The van der Waals surface area contributed by atoms with Gasteiger partial charge in [-0.2, -0.15) is 0 Å². The molecule has 22 heavy (non-hydrogen) atoms. The Morgan fingerprint density at radius 3 is 2.73 bits per heavy atom. The van der Waals surface area contributed by atoms with E-state index in [0.29, 0.717) is 23.9 Å². The number of likely N-dealkylation sites (tertiary alicyclic amines) is 1. The minimum atomic E-state index is -0.808. The highest BCUT2D eigenvalue weighted by Gasteiger charge is 2.25. The maximum Gasteiger partial charge on any atom is 0.167 e. The molecule has 1 aromatic carbocycles. The van der Waals surface area contributed by atoms with E-state index in [1.54, 1.807) is 0 Å². The third kappa shape index (κ3) is 4.17. The van der Waals surface area contributed by atoms with Crippen molar-refractivity contribution in [2.75, 3.05) is 34.3 Å². The molecule has 0 spiro atoms. The molecule has 0 aliphatic carbocycles. The standard InChI is InChI=1S/C17H26F2N2O/c1-20(2)11-9-13-6-4-5-10-21(13)12-14-16(22-3)8-7-15(18)17(14)19/h7-8,13H,4-6,9-12H2,1-3H3/t13-/m0/s1. The van der Waals surface area contributed by atoms with Gasteiger partial charge in [0.05, 0.1) is 7.11 Å². The van der Waals surface area contributed by atoms with Crippen LogP contribution < -0.4 is 4.74 Å². The maximum absolute atomic E-state index is 14.2. The summed E-state index contributed by atoms with van der Waals surface area (Å²) in [6.45, 7) is 2.34. The zero-order chi connectivity index (χ0) is 16.1. The van der Waals surface area contributed by atoms with E-state index in [-0.39, 0.29) is 0 Å². The van der Waals surface area contributed by atoms with Gasteiger partial charge in [0.2, 0.25) is 0 Å². The topological polar surface area (TPSA) is 15.7 Å². The van der Waals surface area contributed by atoms with E-state index >= 15 is 0 Å². The minimum absolute atomic E-state index is 0.333. The van der Waals surface area contributed by atoms with Gasteiger partial charge in [-0.25, -0.2) is 8.78 Å². The zero-order valence-electron chi connectivity index (χ0n) is 13.7. The number of ether oxygens (including phenoxy) is 1. The molecule has 1 atom stereocenters. The summed E-state index contributed by atoms with van der Waals surface area (Å²) in [6, 6.07) is 3.05. The Balaban J connectivity index is 2.14. The molecule has 0 radical (unpaired) electrons. The van der Waals surface area contributed by atoms with Crippen LogP contribution in [0, 0.1) is 11.6 Å². The van der Waals surface area contributed by atoms with E-state index in [4.69, 9.17) is 4.74 Å². The van der Waals surface area contributed by atoms with Crippen molar-refractivity contribution in [2.24, 2.45) is 0 Å². The van der Waals surface area contributed by atoms with Gasteiger partial charge in [0, 0.05) is 18.2 Å². The lowest BCUT2D eigenvalue weighted by Gasteiger charge is -2.36. The van der Waals surface area contributed by atoms with Crippen molar-refractivity contribution in [3.8, 4) is 5.75 Å². The van der Waals surface area contributed by atoms with Crippen LogP contribution in [0.4, 0.5) is 8.78 Å². The first-order valence-electron chi connectivity index (χ1n) is 7.92. The Morgan fingerprint density at radius 1 is 1.27 bits per heavy atom. The molecular weight excluding hydrogens is 286 g/mol. The molecule has 3 nitrogen and oxygen atoms in total.